The Hall–Kier alpha value is -4.95. The maximum Gasteiger partial charge on any atom is 0.219 e. The molecule has 0 bridgehead atoms. The van der Waals surface area contributed by atoms with Gasteiger partial charge in [-0.2, -0.15) is 4.58 Å². The van der Waals surface area contributed by atoms with Crippen LogP contribution in [-0.2, 0) is 0 Å². The van der Waals surface area contributed by atoms with Gasteiger partial charge in [0, 0.05) is 34.7 Å². The van der Waals surface area contributed by atoms with Gasteiger partial charge < -0.3 is 4.57 Å². The highest BCUT2D eigenvalue weighted by molar-refractivity contribution is 6.10. The fourth-order valence-corrected chi connectivity index (χ4v) is 5.86. The van der Waals surface area contributed by atoms with E-state index in [2.05, 4.69) is 163 Å². The quantitative estimate of drug-likeness (QED) is 0.167. The van der Waals surface area contributed by atoms with Gasteiger partial charge in [-0.25, -0.2) is 0 Å². The van der Waals surface area contributed by atoms with Crippen LogP contribution >= 0.6 is 0 Å². The second kappa shape index (κ2) is 9.41. The van der Waals surface area contributed by atoms with Crippen LogP contribution in [0.4, 0.5) is 11.4 Å². The maximum atomic E-state index is 2.38. The van der Waals surface area contributed by atoms with E-state index < -0.39 is 0 Å². The first-order chi connectivity index (χ1) is 19.2. The Kier molecular flexibility index (Phi) is 5.60. The third-order valence-corrected chi connectivity index (χ3v) is 7.65. The first-order valence-electron chi connectivity index (χ1n) is 13.5. The lowest BCUT2D eigenvalue weighted by Crippen LogP contribution is -2.00. The molecular formula is C37H29N2+. The van der Waals surface area contributed by atoms with Crippen molar-refractivity contribution in [2.75, 3.05) is 0 Å². The molecule has 0 saturated heterocycles. The highest BCUT2D eigenvalue weighted by Crippen LogP contribution is 2.46. The molecule has 2 heteroatoms. The molecule has 2 nitrogen and oxygen atoms in total. The molecule has 2 heterocycles. The molecule has 0 unspecified atom stereocenters. The maximum absolute atomic E-state index is 2.38. The lowest BCUT2D eigenvalue weighted by atomic mass is 9.98. The molecule has 1 aromatic heterocycles. The van der Waals surface area contributed by atoms with Crippen LogP contribution in [-0.4, -0.2) is 10.8 Å². The number of hydrogen-bond donors (Lipinski definition) is 0. The summed E-state index contributed by atoms with van der Waals surface area (Å²) in [6, 6.07) is 41.8. The molecule has 0 spiro atoms. The zero-order chi connectivity index (χ0) is 26.3. The Morgan fingerprint density at radius 3 is 2.21 bits per heavy atom. The van der Waals surface area contributed by atoms with Gasteiger partial charge in [0.1, 0.15) is 0 Å². The molecule has 0 fully saturated rings. The van der Waals surface area contributed by atoms with E-state index in [0.717, 1.165) is 0 Å². The van der Waals surface area contributed by atoms with E-state index in [4.69, 9.17) is 0 Å². The van der Waals surface area contributed by atoms with E-state index in [-0.39, 0.29) is 0 Å². The van der Waals surface area contributed by atoms with Crippen molar-refractivity contribution >= 4 is 39.4 Å². The Bertz CT molecular complexity index is 1970. The lowest BCUT2D eigenvalue weighted by molar-refractivity contribution is 1.14. The molecule has 0 radical (unpaired) electrons. The number of benzene rings is 5. The molecule has 6 aromatic rings. The van der Waals surface area contributed by atoms with E-state index in [1.165, 1.54) is 66.7 Å². The largest absolute Gasteiger partial charge is 0.309 e. The highest BCUT2D eigenvalue weighted by atomic mass is 15.0. The SMILES string of the molecule is C/C=C\C(C)=C/C=[N+]1c2ccccc2-c2cc(-c3ccc4c5ccccc5n(-c5ccccc5)c4c3)ccc21. The number of aromatic nitrogens is 1. The van der Waals surface area contributed by atoms with E-state index >= 15 is 0 Å². The van der Waals surface area contributed by atoms with Gasteiger partial charge in [-0.05, 0) is 73.0 Å². The standard InChI is InChI=1S/C37H29N2/c1-3-11-26(2)22-23-38-34-16-9-7-15-31(34)33-24-27(19-21-35(33)38)28-18-20-32-30-14-8-10-17-36(30)39(37(32)25-28)29-12-5-4-6-13-29/h3-25H,1-2H3/q+1/b11-3-,26-22-,38-23?. The smallest absolute Gasteiger partial charge is 0.219 e. The number of para-hydroxylation sites is 3. The summed E-state index contributed by atoms with van der Waals surface area (Å²) in [5.74, 6) is 0. The van der Waals surface area contributed by atoms with Gasteiger partial charge in [0.25, 0.3) is 0 Å². The van der Waals surface area contributed by atoms with E-state index in [1.54, 1.807) is 0 Å². The summed E-state index contributed by atoms with van der Waals surface area (Å²) in [5.41, 5.74) is 12.2. The Labute approximate surface area is 229 Å². The van der Waals surface area contributed by atoms with Crippen LogP contribution < -0.4 is 4.58 Å². The van der Waals surface area contributed by atoms with Gasteiger partial charge in [0.2, 0.25) is 11.4 Å². The molecule has 1 aliphatic rings. The van der Waals surface area contributed by atoms with Gasteiger partial charge >= 0.3 is 0 Å². The van der Waals surface area contributed by atoms with Gasteiger partial charge in [-0.1, -0.05) is 72.8 Å². The topological polar surface area (TPSA) is 7.94 Å². The first-order valence-corrected chi connectivity index (χ1v) is 13.5. The average molecular weight is 502 g/mol. The van der Waals surface area contributed by atoms with Crippen LogP contribution in [0.3, 0.4) is 0 Å². The van der Waals surface area contributed by atoms with Crippen molar-refractivity contribution in [2.45, 2.75) is 13.8 Å². The minimum atomic E-state index is 1.18. The van der Waals surface area contributed by atoms with Crippen molar-refractivity contribution in [2.24, 2.45) is 0 Å². The molecule has 0 N–H and O–H groups in total. The van der Waals surface area contributed by atoms with Gasteiger partial charge in [-0.15, -0.1) is 0 Å². The van der Waals surface area contributed by atoms with Crippen molar-refractivity contribution in [1.29, 1.82) is 0 Å². The molecule has 7 rings (SSSR count). The van der Waals surface area contributed by atoms with Crippen molar-refractivity contribution in [3.63, 3.8) is 0 Å². The minimum absolute atomic E-state index is 1.18. The number of hydrogen-bond acceptors (Lipinski definition) is 0. The first kappa shape index (κ1) is 23.2. The molecule has 186 valence electrons. The van der Waals surface area contributed by atoms with E-state index in [9.17, 15) is 0 Å². The summed E-state index contributed by atoms with van der Waals surface area (Å²) in [5, 5.41) is 2.55. The molecule has 5 aromatic carbocycles. The summed E-state index contributed by atoms with van der Waals surface area (Å²) < 4.78 is 4.69. The van der Waals surface area contributed by atoms with Crippen LogP contribution in [0.25, 0.3) is 49.7 Å². The minimum Gasteiger partial charge on any atom is -0.309 e. The normalized spacial score (nSPS) is 14.0. The molecule has 0 atom stereocenters. The van der Waals surface area contributed by atoms with Crippen molar-refractivity contribution in [3.8, 4) is 27.9 Å². The molecule has 0 amide bonds. The van der Waals surface area contributed by atoms with Crippen LogP contribution in [0.5, 0.6) is 0 Å². The number of nitrogens with zero attached hydrogens (tertiary/aromatic N) is 2. The molecule has 39 heavy (non-hydrogen) atoms. The lowest BCUT2D eigenvalue weighted by Gasteiger charge is -2.09. The highest BCUT2D eigenvalue weighted by Gasteiger charge is 2.31. The third kappa shape index (κ3) is 3.84. The second-order valence-corrected chi connectivity index (χ2v) is 10.1. The summed E-state index contributed by atoms with van der Waals surface area (Å²) in [4.78, 5) is 0. The Morgan fingerprint density at radius 2 is 1.33 bits per heavy atom. The summed E-state index contributed by atoms with van der Waals surface area (Å²) in [6.07, 6.45) is 8.57. The number of allylic oxidation sites excluding steroid dienone is 4. The molecule has 1 aliphatic heterocycles. The van der Waals surface area contributed by atoms with Crippen molar-refractivity contribution in [1.82, 2.24) is 9.14 Å². The number of fused-ring (bicyclic) bond motifs is 6. The molecule has 0 saturated carbocycles. The fraction of sp³-hybridized carbons (Fsp3) is 0.0541. The fourth-order valence-electron chi connectivity index (χ4n) is 5.86. The predicted molar refractivity (Wildman–Crippen MR) is 168 cm³/mol. The summed E-state index contributed by atoms with van der Waals surface area (Å²) in [6.45, 7) is 4.18. The van der Waals surface area contributed by atoms with Crippen LogP contribution in [0.1, 0.15) is 13.8 Å². The molecule has 0 aliphatic carbocycles. The monoisotopic (exact) mass is 501 g/mol. The van der Waals surface area contributed by atoms with Gasteiger partial charge in [0.15, 0.2) is 6.21 Å². The van der Waals surface area contributed by atoms with E-state index in [1.807, 2.05) is 0 Å². The van der Waals surface area contributed by atoms with Gasteiger partial charge in [0.05, 0.1) is 22.2 Å². The average Bonchev–Trinajstić information content (AvgIpc) is 3.48. The van der Waals surface area contributed by atoms with Crippen LogP contribution in [0, 0.1) is 0 Å². The third-order valence-electron chi connectivity index (χ3n) is 7.65. The predicted octanol–water partition coefficient (Wildman–Crippen LogP) is 9.86. The van der Waals surface area contributed by atoms with Crippen molar-refractivity contribution < 1.29 is 0 Å². The zero-order valence-electron chi connectivity index (χ0n) is 22.2. The van der Waals surface area contributed by atoms with Crippen molar-refractivity contribution in [3.05, 3.63) is 139 Å². The summed E-state index contributed by atoms with van der Waals surface area (Å²) in [7, 11) is 0. The van der Waals surface area contributed by atoms with Crippen LogP contribution in [0.2, 0.25) is 0 Å². The van der Waals surface area contributed by atoms with Crippen LogP contribution in [0.15, 0.2) is 139 Å². The molecular weight excluding hydrogens is 472 g/mol. The summed E-state index contributed by atoms with van der Waals surface area (Å²) >= 11 is 0. The zero-order valence-corrected chi connectivity index (χ0v) is 22.2. The number of rotatable bonds is 4. The Balaban J connectivity index is 1.41. The second-order valence-electron chi connectivity index (χ2n) is 10.1. The van der Waals surface area contributed by atoms with Gasteiger partial charge in [-0.3, -0.25) is 0 Å². The van der Waals surface area contributed by atoms with E-state index in [0.29, 0.717) is 0 Å². The Morgan fingerprint density at radius 1 is 0.641 bits per heavy atom.